The molecule has 2 amide bonds. The molecule has 1 atom stereocenters. The number of carbonyl (C=O) groups excluding carboxylic acids is 2. The lowest BCUT2D eigenvalue weighted by molar-refractivity contribution is -0.139. The van der Waals surface area contributed by atoms with Crippen molar-refractivity contribution < 1.29 is 27.1 Å². The molecular formula is C30H36FN3O5S. The molecule has 8 nitrogen and oxygen atoms in total. The first-order valence-electron chi connectivity index (χ1n) is 13.1. The topological polar surface area (TPSA) is 96.0 Å². The molecule has 1 unspecified atom stereocenters. The summed E-state index contributed by atoms with van der Waals surface area (Å²) in [6, 6.07) is 17.6. The van der Waals surface area contributed by atoms with Gasteiger partial charge >= 0.3 is 0 Å². The summed E-state index contributed by atoms with van der Waals surface area (Å²) in [7, 11) is -2.73. The molecule has 0 aliphatic heterocycles. The van der Waals surface area contributed by atoms with Crippen molar-refractivity contribution in [1.82, 2.24) is 10.2 Å². The number of benzene rings is 3. The quantitative estimate of drug-likeness (QED) is 0.302. The second-order valence-electron chi connectivity index (χ2n) is 9.46. The molecule has 0 saturated carbocycles. The number of hydrogen-bond donors (Lipinski definition) is 1. The Hall–Kier alpha value is -3.92. The summed E-state index contributed by atoms with van der Waals surface area (Å²) in [5.41, 5.74) is 1.40. The van der Waals surface area contributed by atoms with Crippen LogP contribution in [0.4, 0.5) is 10.1 Å². The predicted octanol–water partition coefficient (Wildman–Crippen LogP) is 4.67. The van der Waals surface area contributed by atoms with Gasteiger partial charge in [0.2, 0.25) is 11.8 Å². The van der Waals surface area contributed by atoms with E-state index in [1.807, 2.05) is 13.8 Å². The number of amides is 2. The minimum Gasteiger partial charge on any atom is -0.497 e. The minimum atomic E-state index is -4.21. The van der Waals surface area contributed by atoms with Gasteiger partial charge < -0.3 is 15.0 Å². The summed E-state index contributed by atoms with van der Waals surface area (Å²) < 4.78 is 48.4. The maximum Gasteiger partial charge on any atom is 0.264 e. The fraction of sp³-hybridized carbons (Fsp3) is 0.333. The standard InChI is InChI=1S/C30H36FN3O5S/c1-5-6-19-32-30(36)23(3)33(20-24-9-7-8-10-28(24)31)29(35)21-34(25-13-11-22(2)12-14-25)40(37,38)27-17-15-26(39-4)16-18-27/h7-18,23H,5-6,19-21H2,1-4H3,(H,32,36). The van der Waals surface area contributed by atoms with Gasteiger partial charge in [-0.1, -0.05) is 49.2 Å². The third-order valence-electron chi connectivity index (χ3n) is 6.54. The summed E-state index contributed by atoms with van der Waals surface area (Å²) in [6.45, 7) is 5.03. The van der Waals surface area contributed by atoms with Gasteiger partial charge in [0, 0.05) is 18.7 Å². The van der Waals surface area contributed by atoms with Gasteiger partial charge in [-0.3, -0.25) is 13.9 Å². The van der Waals surface area contributed by atoms with Gasteiger partial charge in [0.15, 0.2) is 0 Å². The Labute approximate surface area is 235 Å². The van der Waals surface area contributed by atoms with Crippen LogP contribution in [-0.2, 0) is 26.2 Å². The second-order valence-corrected chi connectivity index (χ2v) is 11.3. The van der Waals surface area contributed by atoms with Crippen LogP contribution in [0.3, 0.4) is 0 Å². The molecule has 3 aromatic rings. The van der Waals surface area contributed by atoms with E-state index in [0.29, 0.717) is 12.3 Å². The Bertz CT molecular complexity index is 1400. The van der Waals surface area contributed by atoms with E-state index in [-0.39, 0.29) is 22.7 Å². The maximum atomic E-state index is 14.6. The van der Waals surface area contributed by atoms with Gasteiger partial charge in [-0.15, -0.1) is 0 Å². The molecule has 0 aromatic heterocycles. The molecule has 0 aliphatic rings. The van der Waals surface area contributed by atoms with Crippen molar-refractivity contribution in [2.75, 3.05) is 24.5 Å². The van der Waals surface area contributed by atoms with Crippen LogP contribution in [-0.4, -0.2) is 51.4 Å². The number of nitrogens with zero attached hydrogens (tertiary/aromatic N) is 2. The zero-order chi connectivity index (χ0) is 29.3. The molecule has 0 aliphatic carbocycles. The lowest BCUT2D eigenvalue weighted by Gasteiger charge is -2.32. The number of sulfonamides is 1. The van der Waals surface area contributed by atoms with Gasteiger partial charge in [-0.2, -0.15) is 0 Å². The predicted molar refractivity (Wildman–Crippen MR) is 153 cm³/mol. The molecule has 0 fully saturated rings. The van der Waals surface area contributed by atoms with Crippen molar-refractivity contribution in [2.45, 2.75) is 51.1 Å². The highest BCUT2D eigenvalue weighted by atomic mass is 32.2. The minimum absolute atomic E-state index is 0.0346. The average Bonchev–Trinajstić information content (AvgIpc) is 2.95. The maximum absolute atomic E-state index is 14.6. The number of anilines is 1. The largest absolute Gasteiger partial charge is 0.497 e. The van der Waals surface area contributed by atoms with Gasteiger partial charge in [0.1, 0.15) is 24.2 Å². The van der Waals surface area contributed by atoms with Crippen molar-refractivity contribution in [2.24, 2.45) is 0 Å². The number of halogens is 1. The number of methoxy groups -OCH3 is 1. The Kier molecular flexibility index (Phi) is 10.7. The molecule has 0 heterocycles. The van der Waals surface area contributed by atoms with Crippen LogP contribution in [0.1, 0.15) is 37.8 Å². The molecule has 1 N–H and O–H groups in total. The molecule has 40 heavy (non-hydrogen) atoms. The summed E-state index contributed by atoms with van der Waals surface area (Å²) in [4.78, 5) is 28.0. The highest BCUT2D eigenvalue weighted by Crippen LogP contribution is 2.26. The Morgan fingerprint density at radius 2 is 1.65 bits per heavy atom. The highest BCUT2D eigenvalue weighted by Gasteiger charge is 2.32. The van der Waals surface area contributed by atoms with E-state index in [9.17, 15) is 22.4 Å². The number of carbonyl (C=O) groups is 2. The molecule has 0 saturated heterocycles. The summed E-state index contributed by atoms with van der Waals surface area (Å²) in [6.07, 6.45) is 1.64. The van der Waals surface area contributed by atoms with Crippen LogP contribution in [0, 0.1) is 12.7 Å². The number of hydrogen-bond acceptors (Lipinski definition) is 5. The number of nitrogens with one attached hydrogen (secondary N) is 1. The van der Waals surface area contributed by atoms with E-state index in [2.05, 4.69) is 5.32 Å². The number of rotatable bonds is 13. The third kappa shape index (κ3) is 7.59. The van der Waals surface area contributed by atoms with Crippen LogP contribution in [0.15, 0.2) is 77.7 Å². The van der Waals surface area contributed by atoms with E-state index in [0.717, 1.165) is 22.7 Å². The molecule has 0 bridgehead atoms. The van der Waals surface area contributed by atoms with Gasteiger partial charge in [-0.05, 0) is 62.7 Å². The molecule has 0 radical (unpaired) electrons. The van der Waals surface area contributed by atoms with Crippen LogP contribution in [0.25, 0.3) is 0 Å². The molecular weight excluding hydrogens is 533 g/mol. The molecule has 0 spiro atoms. The van der Waals surface area contributed by atoms with Crippen molar-refractivity contribution >= 4 is 27.5 Å². The van der Waals surface area contributed by atoms with Crippen molar-refractivity contribution in [3.8, 4) is 5.75 Å². The number of ether oxygens (including phenoxy) is 1. The fourth-order valence-electron chi connectivity index (χ4n) is 4.04. The van der Waals surface area contributed by atoms with Gasteiger partial charge in [-0.25, -0.2) is 12.8 Å². The molecule has 3 rings (SSSR count). The average molecular weight is 570 g/mol. The summed E-state index contributed by atoms with van der Waals surface area (Å²) in [5, 5.41) is 2.81. The van der Waals surface area contributed by atoms with Gasteiger partial charge in [0.05, 0.1) is 17.7 Å². The van der Waals surface area contributed by atoms with E-state index >= 15 is 0 Å². The van der Waals surface area contributed by atoms with Gasteiger partial charge in [0.25, 0.3) is 10.0 Å². The van der Waals surface area contributed by atoms with E-state index in [1.165, 1.54) is 54.5 Å². The normalized spacial score (nSPS) is 11.9. The second kappa shape index (κ2) is 13.9. The third-order valence-corrected chi connectivity index (χ3v) is 8.33. The van der Waals surface area contributed by atoms with E-state index < -0.39 is 40.2 Å². The van der Waals surface area contributed by atoms with E-state index in [1.54, 1.807) is 37.3 Å². The zero-order valence-electron chi connectivity index (χ0n) is 23.3. The Balaban J connectivity index is 2.00. The SMILES string of the molecule is CCCCNC(=O)C(C)N(Cc1ccccc1F)C(=O)CN(c1ccc(C)cc1)S(=O)(=O)c1ccc(OC)cc1. The zero-order valence-corrected chi connectivity index (χ0v) is 24.1. The van der Waals surface area contributed by atoms with Crippen molar-refractivity contribution in [3.63, 3.8) is 0 Å². The molecule has 3 aromatic carbocycles. The number of aryl methyl sites for hydroxylation is 1. The first-order chi connectivity index (χ1) is 19.1. The summed E-state index contributed by atoms with van der Waals surface area (Å²) in [5.74, 6) is -1.10. The highest BCUT2D eigenvalue weighted by molar-refractivity contribution is 7.92. The van der Waals surface area contributed by atoms with Crippen molar-refractivity contribution in [3.05, 3.63) is 89.7 Å². The Morgan fingerprint density at radius 3 is 2.25 bits per heavy atom. The monoisotopic (exact) mass is 569 g/mol. The van der Waals surface area contributed by atoms with Crippen LogP contribution in [0.5, 0.6) is 5.75 Å². The fourth-order valence-corrected chi connectivity index (χ4v) is 5.46. The Morgan fingerprint density at radius 1 is 1.00 bits per heavy atom. The van der Waals surface area contributed by atoms with E-state index in [4.69, 9.17) is 4.74 Å². The lowest BCUT2D eigenvalue weighted by Crippen LogP contribution is -2.51. The van der Waals surface area contributed by atoms with Crippen molar-refractivity contribution in [1.29, 1.82) is 0 Å². The number of unbranched alkanes of at least 4 members (excludes halogenated alkanes) is 1. The first kappa shape index (κ1) is 30.6. The molecule has 10 heteroatoms. The van der Waals surface area contributed by atoms with Crippen LogP contribution in [0.2, 0.25) is 0 Å². The van der Waals surface area contributed by atoms with Crippen LogP contribution < -0.4 is 14.4 Å². The molecule has 214 valence electrons. The lowest BCUT2D eigenvalue weighted by atomic mass is 10.1. The smallest absolute Gasteiger partial charge is 0.264 e. The summed E-state index contributed by atoms with van der Waals surface area (Å²) >= 11 is 0. The van der Waals surface area contributed by atoms with Crippen LogP contribution >= 0.6 is 0 Å². The first-order valence-corrected chi connectivity index (χ1v) is 14.6.